The molecule has 30 heavy (non-hydrogen) atoms. The second-order valence-electron chi connectivity index (χ2n) is 6.10. The first-order valence-corrected chi connectivity index (χ1v) is 9.33. The number of nitrogens with zero attached hydrogens (tertiary/aromatic N) is 4. The SMILES string of the molecule is O=C(COc1ccc(Cl)cc1)Nc1ccc(Oc2ccc(-n3cccn3)nn2)cc1. The Morgan fingerprint density at radius 3 is 2.40 bits per heavy atom. The third kappa shape index (κ3) is 5.12. The Kier molecular flexibility index (Phi) is 5.86. The van der Waals surface area contributed by atoms with E-state index in [2.05, 4.69) is 20.6 Å². The number of ether oxygens (including phenoxy) is 2. The summed E-state index contributed by atoms with van der Waals surface area (Å²) in [5.74, 6) is 1.79. The number of rotatable bonds is 7. The minimum absolute atomic E-state index is 0.113. The molecule has 2 heterocycles. The van der Waals surface area contributed by atoms with E-state index in [-0.39, 0.29) is 12.5 Å². The van der Waals surface area contributed by atoms with Crippen LogP contribution in [0.1, 0.15) is 0 Å². The summed E-state index contributed by atoms with van der Waals surface area (Å²) >= 11 is 5.82. The highest BCUT2D eigenvalue weighted by Gasteiger charge is 2.06. The van der Waals surface area contributed by atoms with Gasteiger partial charge in [0.1, 0.15) is 11.5 Å². The number of aromatic nitrogens is 4. The Morgan fingerprint density at radius 1 is 0.967 bits per heavy atom. The number of anilines is 1. The van der Waals surface area contributed by atoms with Gasteiger partial charge in [-0.2, -0.15) is 5.10 Å². The maximum absolute atomic E-state index is 12.0. The smallest absolute Gasteiger partial charge is 0.262 e. The van der Waals surface area contributed by atoms with Gasteiger partial charge in [-0.25, -0.2) is 4.68 Å². The van der Waals surface area contributed by atoms with E-state index < -0.39 is 0 Å². The Morgan fingerprint density at radius 2 is 1.73 bits per heavy atom. The van der Waals surface area contributed by atoms with Gasteiger partial charge >= 0.3 is 0 Å². The van der Waals surface area contributed by atoms with E-state index in [1.807, 2.05) is 0 Å². The summed E-state index contributed by atoms with van der Waals surface area (Å²) in [4.78, 5) is 12.0. The van der Waals surface area contributed by atoms with Crippen molar-refractivity contribution in [3.05, 3.63) is 84.1 Å². The predicted molar refractivity (Wildman–Crippen MR) is 111 cm³/mol. The van der Waals surface area contributed by atoms with Crippen LogP contribution in [0.5, 0.6) is 17.4 Å². The largest absolute Gasteiger partial charge is 0.484 e. The van der Waals surface area contributed by atoms with Crippen molar-refractivity contribution in [1.29, 1.82) is 0 Å². The van der Waals surface area contributed by atoms with E-state index in [9.17, 15) is 4.79 Å². The number of carbonyl (C=O) groups excluding carboxylic acids is 1. The van der Waals surface area contributed by atoms with Gasteiger partial charge in [-0.05, 0) is 60.7 Å². The van der Waals surface area contributed by atoms with E-state index in [1.165, 1.54) is 0 Å². The third-order valence-electron chi connectivity index (χ3n) is 3.91. The van der Waals surface area contributed by atoms with Crippen molar-refractivity contribution in [3.8, 4) is 23.2 Å². The minimum Gasteiger partial charge on any atom is -0.484 e. The average Bonchev–Trinajstić information content (AvgIpc) is 3.30. The Labute approximate surface area is 177 Å². The fraction of sp³-hybridized carbons (Fsp3) is 0.0476. The molecule has 9 heteroatoms. The van der Waals surface area contributed by atoms with Crippen LogP contribution in [0.3, 0.4) is 0 Å². The lowest BCUT2D eigenvalue weighted by molar-refractivity contribution is -0.118. The highest BCUT2D eigenvalue weighted by molar-refractivity contribution is 6.30. The fourth-order valence-electron chi connectivity index (χ4n) is 2.50. The van der Waals surface area contributed by atoms with Crippen molar-refractivity contribution in [1.82, 2.24) is 20.0 Å². The number of hydrogen-bond donors (Lipinski definition) is 1. The first-order valence-electron chi connectivity index (χ1n) is 8.96. The van der Waals surface area contributed by atoms with Gasteiger partial charge in [0.2, 0.25) is 5.88 Å². The number of carbonyl (C=O) groups is 1. The molecule has 0 saturated carbocycles. The summed E-state index contributed by atoms with van der Waals surface area (Å²) in [5.41, 5.74) is 0.618. The zero-order valence-electron chi connectivity index (χ0n) is 15.6. The number of amides is 1. The van der Waals surface area contributed by atoms with Gasteiger partial charge in [-0.15, -0.1) is 10.2 Å². The van der Waals surface area contributed by atoms with Crippen LogP contribution in [0.2, 0.25) is 5.02 Å². The predicted octanol–water partition coefficient (Wildman–Crippen LogP) is 4.13. The molecule has 0 spiro atoms. The van der Waals surface area contributed by atoms with Crippen molar-refractivity contribution in [2.24, 2.45) is 0 Å². The Hall–Kier alpha value is -3.91. The van der Waals surface area contributed by atoms with E-state index in [0.717, 1.165) is 0 Å². The molecule has 0 saturated heterocycles. The van der Waals surface area contributed by atoms with Gasteiger partial charge in [-0.1, -0.05) is 11.6 Å². The molecule has 0 aliphatic heterocycles. The maximum atomic E-state index is 12.0. The molecule has 1 N–H and O–H groups in total. The van der Waals surface area contributed by atoms with Crippen molar-refractivity contribution >= 4 is 23.2 Å². The second-order valence-corrected chi connectivity index (χ2v) is 6.53. The molecule has 0 unspecified atom stereocenters. The molecule has 4 aromatic rings. The normalized spacial score (nSPS) is 10.4. The standard InChI is InChI=1S/C21H16ClN5O3/c22-15-2-6-17(7-3-15)29-14-20(28)24-16-4-8-18(9-5-16)30-21-11-10-19(25-26-21)27-13-1-12-23-27/h1-13H,14H2,(H,24,28). The molecule has 8 nitrogen and oxygen atoms in total. The van der Waals surface area contributed by atoms with Gasteiger partial charge < -0.3 is 14.8 Å². The zero-order chi connectivity index (χ0) is 20.8. The van der Waals surface area contributed by atoms with Crippen LogP contribution in [-0.4, -0.2) is 32.5 Å². The number of benzene rings is 2. The summed E-state index contributed by atoms with van der Waals surface area (Å²) in [5, 5.41) is 15.6. The number of nitrogens with one attached hydrogen (secondary N) is 1. The Bertz CT molecular complexity index is 1100. The van der Waals surface area contributed by atoms with E-state index >= 15 is 0 Å². The van der Waals surface area contributed by atoms with E-state index in [4.69, 9.17) is 21.1 Å². The summed E-state index contributed by atoms with van der Waals surface area (Å²) < 4.78 is 12.7. The van der Waals surface area contributed by atoms with Crippen molar-refractivity contribution in [3.63, 3.8) is 0 Å². The van der Waals surface area contributed by atoms with Crippen LogP contribution in [0.4, 0.5) is 5.69 Å². The van der Waals surface area contributed by atoms with E-state index in [1.54, 1.807) is 83.8 Å². The highest BCUT2D eigenvalue weighted by Crippen LogP contribution is 2.21. The first kappa shape index (κ1) is 19.4. The molecule has 1 amide bonds. The van der Waals surface area contributed by atoms with Gasteiger partial charge in [-0.3, -0.25) is 4.79 Å². The number of halogens is 1. The van der Waals surface area contributed by atoms with Crippen LogP contribution < -0.4 is 14.8 Å². The van der Waals surface area contributed by atoms with Crippen LogP contribution >= 0.6 is 11.6 Å². The molecule has 0 aliphatic carbocycles. The highest BCUT2D eigenvalue weighted by atomic mass is 35.5. The molecule has 2 aromatic carbocycles. The zero-order valence-corrected chi connectivity index (χ0v) is 16.4. The first-order chi connectivity index (χ1) is 14.7. The summed E-state index contributed by atoms with van der Waals surface area (Å²) in [7, 11) is 0. The average molecular weight is 422 g/mol. The molecule has 0 bridgehead atoms. The maximum Gasteiger partial charge on any atom is 0.262 e. The van der Waals surface area contributed by atoms with Crippen molar-refractivity contribution in [2.75, 3.05) is 11.9 Å². The fourth-order valence-corrected chi connectivity index (χ4v) is 2.62. The van der Waals surface area contributed by atoms with Crippen LogP contribution in [0.25, 0.3) is 5.82 Å². The molecule has 4 rings (SSSR count). The van der Waals surface area contributed by atoms with E-state index in [0.29, 0.717) is 33.9 Å². The molecule has 0 aliphatic rings. The van der Waals surface area contributed by atoms with Crippen molar-refractivity contribution in [2.45, 2.75) is 0 Å². The quantitative estimate of drug-likeness (QED) is 0.482. The van der Waals surface area contributed by atoms with Gasteiger partial charge in [0, 0.05) is 29.2 Å². The van der Waals surface area contributed by atoms with Crippen molar-refractivity contribution < 1.29 is 14.3 Å². The topological polar surface area (TPSA) is 91.2 Å². The lowest BCUT2D eigenvalue weighted by Gasteiger charge is -2.09. The molecule has 0 fully saturated rings. The second kappa shape index (κ2) is 9.06. The molecular formula is C21H16ClN5O3. The minimum atomic E-state index is -0.279. The molecule has 0 radical (unpaired) electrons. The Balaban J connectivity index is 1.29. The molecule has 0 atom stereocenters. The third-order valence-corrected chi connectivity index (χ3v) is 4.16. The lowest BCUT2D eigenvalue weighted by atomic mass is 10.3. The number of hydrogen-bond acceptors (Lipinski definition) is 6. The van der Waals surface area contributed by atoms with Gasteiger partial charge in [0.25, 0.3) is 5.91 Å². The molecule has 150 valence electrons. The lowest BCUT2D eigenvalue weighted by Crippen LogP contribution is -2.20. The van der Waals surface area contributed by atoms with Crippen LogP contribution in [0, 0.1) is 0 Å². The summed E-state index contributed by atoms with van der Waals surface area (Å²) in [6.07, 6.45) is 3.44. The molecule has 2 aromatic heterocycles. The van der Waals surface area contributed by atoms with Crippen LogP contribution in [0.15, 0.2) is 79.1 Å². The van der Waals surface area contributed by atoms with Crippen LogP contribution in [-0.2, 0) is 4.79 Å². The summed E-state index contributed by atoms with van der Waals surface area (Å²) in [6, 6.07) is 18.9. The summed E-state index contributed by atoms with van der Waals surface area (Å²) in [6.45, 7) is -0.113. The monoisotopic (exact) mass is 421 g/mol. The molecular weight excluding hydrogens is 406 g/mol. The van der Waals surface area contributed by atoms with Gasteiger partial charge in [0.15, 0.2) is 12.4 Å². The van der Waals surface area contributed by atoms with Gasteiger partial charge in [0.05, 0.1) is 0 Å².